The van der Waals surface area contributed by atoms with Gasteiger partial charge in [-0.05, 0) is 48.7 Å². The highest BCUT2D eigenvalue weighted by Gasteiger charge is 2.32. The zero-order valence-electron chi connectivity index (χ0n) is 14.4. The van der Waals surface area contributed by atoms with E-state index in [1.54, 1.807) is 19.2 Å². The van der Waals surface area contributed by atoms with Gasteiger partial charge in [-0.3, -0.25) is 4.79 Å². The van der Waals surface area contributed by atoms with Crippen LogP contribution in [0.4, 0.5) is 0 Å². The summed E-state index contributed by atoms with van der Waals surface area (Å²) < 4.78 is 10.7. The van der Waals surface area contributed by atoms with Crippen LogP contribution in [0.15, 0.2) is 42.5 Å². The van der Waals surface area contributed by atoms with Crippen LogP contribution in [-0.4, -0.2) is 30.6 Å². The molecule has 0 radical (unpaired) electrons. The second-order valence-electron chi connectivity index (χ2n) is 6.15. The average Bonchev–Trinajstić information content (AvgIpc) is 3.50. The van der Waals surface area contributed by atoms with Crippen molar-refractivity contribution in [2.24, 2.45) is 0 Å². The third-order valence-corrected chi connectivity index (χ3v) is 4.53. The van der Waals surface area contributed by atoms with Gasteiger partial charge in [0.1, 0.15) is 11.5 Å². The lowest BCUT2D eigenvalue weighted by atomic mass is 10.2. The predicted octanol–water partition coefficient (Wildman–Crippen LogP) is 3.79. The summed E-state index contributed by atoms with van der Waals surface area (Å²) in [5.74, 6) is 1.11. The van der Waals surface area contributed by atoms with Gasteiger partial charge < -0.3 is 14.4 Å². The maximum Gasteiger partial charge on any atom is 0.261 e. The van der Waals surface area contributed by atoms with Gasteiger partial charge in [0.25, 0.3) is 5.91 Å². The van der Waals surface area contributed by atoms with Crippen molar-refractivity contribution in [1.29, 1.82) is 5.26 Å². The molecule has 0 atom stereocenters. The number of benzene rings is 2. The fraction of sp³-hybridized carbons (Fsp3) is 0.300. The number of methoxy groups -OCH3 is 1. The first kappa shape index (κ1) is 18.1. The van der Waals surface area contributed by atoms with Crippen molar-refractivity contribution in [3.8, 4) is 17.6 Å². The van der Waals surface area contributed by atoms with E-state index in [0.717, 1.165) is 24.2 Å². The summed E-state index contributed by atoms with van der Waals surface area (Å²) >= 11 is 6.09. The van der Waals surface area contributed by atoms with Crippen molar-refractivity contribution in [1.82, 2.24) is 4.90 Å². The van der Waals surface area contributed by atoms with E-state index in [0.29, 0.717) is 22.9 Å². The Balaban J connectivity index is 1.63. The summed E-state index contributed by atoms with van der Waals surface area (Å²) in [7, 11) is 1.63. The molecule has 0 bridgehead atoms. The lowest BCUT2D eigenvalue weighted by Gasteiger charge is -2.23. The molecule has 0 heterocycles. The minimum absolute atomic E-state index is 0.0799. The highest BCUT2D eigenvalue weighted by molar-refractivity contribution is 6.32. The van der Waals surface area contributed by atoms with Crippen molar-refractivity contribution >= 4 is 17.5 Å². The quantitative estimate of drug-likeness (QED) is 0.743. The minimum atomic E-state index is -0.0850. The summed E-state index contributed by atoms with van der Waals surface area (Å²) in [4.78, 5) is 14.5. The lowest BCUT2D eigenvalue weighted by molar-refractivity contribution is -0.134. The molecule has 6 heteroatoms. The number of hydrogen-bond donors (Lipinski definition) is 0. The van der Waals surface area contributed by atoms with Gasteiger partial charge in [-0.2, -0.15) is 5.26 Å². The Hall–Kier alpha value is -2.71. The van der Waals surface area contributed by atoms with Gasteiger partial charge in [-0.25, -0.2) is 0 Å². The molecule has 0 aliphatic heterocycles. The SMILES string of the molecule is COc1ccc(CN(C(=O)COc2ccc(C#N)cc2Cl)C2CC2)cc1. The molecule has 0 aromatic heterocycles. The topological polar surface area (TPSA) is 62.6 Å². The molecular formula is C20H19ClN2O3. The summed E-state index contributed by atoms with van der Waals surface area (Å²) in [5.41, 5.74) is 1.50. The van der Waals surface area contributed by atoms with Gasteiger partial charge in [0.2, 0.25) is 0 Å². The number of rotatable bonds is 7. The van der Waals surface area contributed by atoms with Gasteiger partial charge in [0, 0.05) is 12.6 Å². The molecule has 0 N–H and O–H groups in total. The molecule has 1 aliphatic carbocycles. The molecule has 26 heavy (non-hydrogen) atoms. The molecular weight excluding hydrogens is 352 g/mol. The van der Waals surface area contributed by atoms with Crippen LogP contribution in [0.3, 0.4) is 0 Å². The number of halogens is 1. The Bertz CT molecular complexity index is 826. The Labute approximate surface area is 157 Å². The summed E-state index contributed by atoms with van der Waals surface area (Å²) in [6.07, 6.45) is 2.03. The fourth-order valence-electron chi connectivity index (χ4n) is 2.64. The van der Waals surface area contributed by atoms with Gasteiger partial charge >= 0.3 is 0 Å². The number of hydrogen-bond acceptors (Lipinski definition) is 4. The fourth-order valence-corrected chi connectivity index (χ4v) is 2.88. The largest absolute Gasteiger partial charge is 0.497 e. The van der Waals surface area contributed by atoms with E-state index in [9.17, 15) is 4.79 Å². The van der Waals surface area contributed by atoms with Crippen molar-refractivity contribution in [3.05, 3.63) is 58.6 Å². The number of carbonyl (C=O) groups excluding carboxylic acids is 1. The first-order valence-corrected chi connectivity index (χ1v) is 8.73. The first-order valence-electron chi connectivity index (χ1n) is 8.35. The monoisotopic (exact) mass is 370 g/mol. The summed E-state index contributed by atoms with van der Waals surface area (Å²) in [6.45, 7) is 0.455. The molecule has 0 spiro atoms. The Morgan fingerprint density at radius 1 is 1.27 bits per heavy atom. The number of carbonyl (C=O) groups is 1. The number of ether oxygens (including phenoxy) is 2. The lowest BCUT2D eigenvalue weighted by Crippen LogP contribution is -2.36. The first-order chi connectivity index (χ1) is 12.6. The molecule has 1 fully saturated rings. The molecule has 0 saturated heterocycles. The van der Waals surface area contributed by atoms with Crippen LogP contribution >= 0.6 is 11.6 Å². The zero-order chi connectivity index (χ0) is 18.5. The Morgan fingerprint density at radius 2 is 2.00 bits per heavy atom. The average molecular weight is 371 g/mol. The molecule has 0 unspecified atom stereocenters. The second kappa shape index (κ2) is 8.11. The molecule has 1 saturated carbocycles. The molecule has 3 rings (SSSR count). The third-order valence-electron chi connectivity index (χ3n) is 4.23. The van der Waals surface area contributed by atoms with E-state index in [-0.39, 0.29) is 18.6 Å². The van der Waals surface area contributed by atoms with E-state index >= 15 is 0 Å². The highest BCUT2D eigenvalue weighted by Crippen LogP contribution is 2.30. The Kier molecular flexibility index (Phi) is 5.65. The van der Waals surface area contributed by atoms with E-state index in [1.165, 1.54) is 6.07 Å². The third kappa shape index (κ3) is 4.47. The van der Waals surface area contributed by atoms with Crippen molar-refractivity contribution in [2.75, 3.05) is 13.7 Å². The van der Waals surface area contributed by atoms with Crippen molar-refractivity contribution < 1.29 is 14.3 Å². The standard InChI is InChI=1S/C20H19ClN2O3/c1-25-17-7-2-14(3-8-17)12-23(16-5-6-16)20(24)13-26-19-9-4-15(11-22)10-18(19)21/h2-4,7-10,16H,5-6,12-13H2,1H3. The van der Waals surface area contributed by atoms with Crippen molar-refractivity contribution in [2.45, 2.75) is 25.4 Å². The normalized spacial score (nSPS) is 13.0. The predicted molar refractivity (Wildman–Crippen MR) is 98.2 cm³/mol. The van der Waals surface area contributed by atoms with Crippen LogP contribution in [0, 0.1) is 11.3 Å². The van der Waals surface area contributed by atoms with Crippen LogP contribution in [0.25, 0.3) is 0 Å². The number of nitrogens with zero attached hydrogens (tertiary/aromatic N) is 2. The van der Waals surface area contributed by atoms with E-state index in [4.69, 9.17) is 26.3 Å². The van der Waals surface area contributed by atoms with E-state index in [1.807, 2.05) is 35.2 Å². The molecule has 2 aromatic rings. The van der Waals surface area contributed by atoms with E-state index in [2.05, 4.69) is 0 Å². The summed E-state index contributed by atoms with van der Waals surface area (Å²) in [6, 6.07) is 14.7. The van der Waals surface area contributed by atoms with Gasteiger partial charge in [0.05, 0.1) is 23.8 Å². The van der Waals surface area contributed by atoms with Gasteiger partial charge in [0.15, 0.2) is 6.61 Å². The molecule has 134 valence electrons. The van der Waals surface area contributed by atoms with E-state index < -0.39 is 0 Å². The maximum atomic E-state index is 12.6. The van der Waals surface area contributed by atoms with Crippen LogP contribution in [0.5, 0.6) is 11.5 Å². The van der Waals surface area contributed by atoms with Gasteiger partial charge in [-0.1, -0.05) is 23.7 Å². The maximum absolute atomic E-state index is 12.6. The molecule has 2 aromatic carbocycles. The zero-order valence-corrected chi connectivity index (χ0v) is 15.2. The molecule has 1 amide bonds. The minimum Gasteiger partial charge on any atom is -0.497 e. The van der Waals surface area contributed by atoms with Crippen LogP contribution < -0.4 is 9.47 Å². The summed E-state index contributed by atoms with van der Waals surface area (Å²) in [5, 5.41) is 9.19. The van der Waals surface area contributed by atoms with Crippen molar-refractivity contribution in [3.63, 3.8) is 0 Å². The molecule has 5 nitrogen and oxygen atoms in total. The Morgan fingerprint density at radius 3 is 2.58 bits per heavy atom. The van der Waals surface area contributed by atoms with Crippen LogP contribution in [0.1, 0.15) is 24.0 Å². The number of amides is 1. The van der Waals surface area contributed by atoms with Crippen LogP contribution in [0.2, 0.25) is 5.02 Å². The molecule has 1 aliphatic rings. The number of nitriles is 1. The second-order valence-corrected chi connectivity index (χ2v) is 6.55. The van der Waals surface area contributed by atoms with Crippen LogP contribution in [-0.2, 0) is 11.3 Å². The highest BCUT2D eigenvalue weighted by atomic mass is 35.5. The smallest absolute Gasteiger partial charge is 0.261 e. The van der Waals surface area contributed by atoms with Gasteiger partial charge in [-0.15, -0.1) is 0 Å².